The van der Waals surface area contributed by atoms with Crippen molar-refractivity contribution < 1.29 is 9.32 Å². The molecule has 2 rings (SSSR count). The zero-order valence-electron chi connectivity index (χ0n) is 9.23. The minimum atomic E-state index is -0.299. The van der Waals surface area contributed by atoms with Crippen LogP contribution in [-0.2, 0) is 0 Å². The highest BCUT2D eigenvalue weighted by molar-refractivity contribution is 6.07. The predicted molar refractivity (Wildman–Crippen MR) is 63.4 cm³/mol. The van der Waals surface area contributed by atoms with Gasteiger partial charge in [0.15, 0.2) is 5.82 Å². The Kier molecular flexibility index (Phi) is 3.06. The third-order valence-electron chi connectivity index (χ3n) is 2.25. The minimum absolute atomic E-state index is 0.299. The number of carbonyl (C=O) groups is 1. The molecule has 0 fully saturated rings. The number of amides is 1. The fourth-order valence-electron chi connectivity index (χ4n) is 1.44. The van der Waals surface area contributed by atoms with Gasteiger partial charge in [0, 0.05) is 6.07 Å². The molecule has 0 aliphatic carbocycles. The summed E-state index contributed by atoms with van der Waals surface area (Å²) in [5, 5.41) is 6.19. The summed E-state index contributed by atoms with van der Waals surface area (Å²) in [7, 11) is 0. The number of hydrazine groups is 1. The minimum Gasteiger partial charge on any atom is -0.363 e. The highest BCUT2D eigenvalue weighted by Crippen LogP contribution is 2.17. The van der Waals surface area contributed by atoms with Crippen LogP contribution in [0.4, 0.5) is 11.5 Å². The van der Waals surface area contributed by atoms with Gasteiger partial charge in [-0.25, -0.2) is 0 Å². The molecule has 6 heteroatoms. The SMILES string of the molecule is Cc1ccc(C(=O)Nc2ccon2)c(NN)c1. The Labute approximate surface area is 97.8 Å². The molecule has 1 amide bonds. The molecule has 6 nitrogen and oxygen atoms in total. The predicted octanol–water partition coefficient (Wildman–Crippen LogP) is 1.52. The van der Waals surface area contributed by atoms with E-state index in [9.17, 15) is 4.79 Å². The molecule has 0 atom stereocenters. The van der Waals surface area contributed by atoms with E-state index in [1.165, 1.54) is 6.26 Å². The smallest absolute Gasteiger partial charge is 0.259 e. The summed E-state index contributed by atoms with van der Waals surface area (Å²) in [6, 6.07) is 6.87. The fraction of sp³-hybridized carbons (Fsp3) is 0.0909. The average molecular weight is 232 g/mol. The van der Waals surface area contributed by atoms with Gasteiger partial charge in [0.05, 0.1) is 11.3 Å². The number of nitrogens with one attached hydrogen (secondary N) is 2. The molecule has 0 radical (unpaired) electrons. The number of carbonyl (C=O) groups excluding carboxylic acids is 1. The second-order valence-electron chi connectivity index (χ2n) is 3.53. The Bertz CT molecular complexity index is 522. The van der Waals surface area contributed by atoms with Gasteiger partial charge in [-0.15, -0.1) is 0 Å². The lowest BCUT2D eigenvalue weighted by atomic mass is 10.1. The second kappa shape index (κ2) is 4.67. The van der Waals surface area contributed by atoms with Crippen molar-refractivity contribution in [2.45, 2.75) is 6.92 Å². The first-order valence-corrected chi connectivity index (χ1v) is 4.99. The number of anilines is 2. The number of nitrogens with zero attached hydrogens (tertiary/aromatic N) is 1. The van der Waals surface area contributed by atoms with Crippen LogP contribution < -0.4 is 16.6 Å². The Hall–Kier alpha value is -2.34. The summed E-state index contributed by atoms with van der Waals surface area (Å²) < 4.78 is 4.62. The van der Waals surface area contributed by atoms with Gasteiger partial charge < -0.3 is 15.3 Å². The molecule has 17 heavy (non-hydrogen) atoms. The van der Waals surface area contributed by atoms with E-state index in [0.717, 1.165) is 5.56 Å². The van der Waals surface area contributed by atoms with Gasteiger partial charge in [-0.05, 0) is 24.6 Å². The first-order chi connectivity index (χ1) is 8.20. The molecule has 0 bridgehead atoms. The standard InChI is InChI=1S/C11H12N4O2/c1-7-2-3-8(9(6-7)14-12)11(16)13-10-4-5-17-15-10/h2-6,14H,12H2,1H3,(H,13,15,16). The number of hydrogen-bond acceptors (Lipinski definition) is 5. The van der Waals surface area contributed by atoms with E-state index in [0.29, 0.717) is 17.1 Å². The molecule has 0 spiro atoms. The van der Waals surface area contributed by atoms with E-state index < -0.39 is 0 Å². The molecule has 1 aromatic carbocycles. The first-order valence-electron chi connectivity index (χ1n) is 4.99. The van der Waals surface area contributed by atoms with Crippen molar-refractivity contribution in [3.63, 3.8) is 0 Å². The molecule has 88 valence electrons. The molecule has 2 aromatic rings. The van der Waals surface area contributed by atoms with E-state index in [1.807, 2.05) is 13.0 Å². The lowest BCUT2D eigenvalue weighted by Crippen LogP contribution is -2.17. The maximum absolute atomic E-state index is 11.9. The van der Waals surface area contributed by atoms with Crippen LogP contribution in [0.15, 0.2) is 35.1 Å². The van der Waals surface area contributed by atoms with Crippen LogP contribution in [-0.4, -0.2) is 11.1 Å². The summed E-state index contributed by atoms with van der Waals surface area (Å²) in [6.07, 6.45) is 1.38. The maximum atomic E-state index is 11.9. The Morgan fingerprint density at radius 2 is 2.24 bits per heavy atom. The number of aryl methyl sites for hydroxylation is 1. The van der Waals surface area contributed by atoms with E-state index in [-0.39, 0.29) is 5.91 Å². The Morgan fingerprint density at radius 3 is 2.88 bits per heavy atom. The normalized spacial score (nSPS) is 10.0. The molecule has 1 aromatic heterocycles. The van der Waals surface area contributed by atoms with Gasteiger partial charge in [-0.3, -0.25) is 10.6 Å². The highest BCUT2D eigenvalue weighted by atomic mass is 16.5. The zero-order valence-corrected chi connectivity index (χ0v) is 9.23. The van der Waals surface area contributed by atoms with Gasteiger partial charge in [0.25, 0.3) is 5.91 Å². The molecule has 0 aliphatic heterocycles. The fourth-order valence-corrected chi connectivity index (χ4v) is 1.44. The Balaban J connectivity index is 2.24. The van der Waals surface area contributed by atoms with Crippen LogP contribution in [0.2, 0.25) is 0 Å². The first kappa shape index (κ1) is 11.2. The number of nitrogen functional groups attached to an aromatic ring is 1. The number of hydrogen-bond donors (Lipinski definition) is 3. The number of aromatic nitrogens is 1. The average Bonchev–Trinajstić information content (AvgIpc) is 2.81. The van der Waals surface area contributed by atoms with Crippen LogP contribution in [0.1, 0.15) is 15.9 Å². The molecule has 1 heterocycles. The summed E-state index contributed by atoms with van der Waals surface area (Å²) >= 11 is 0. The lowest BCUT2D eigenvalue weighted by molar-refractivity contribution is 0.102. The number of nitrogens with two attached hydrogens (primary N) is 1. The van der Waals surface area contributed by atoms with E-state index in [4.69, 9.17) is 5.84 Å². The van der Waals surface area contributed by atoms with Crippen LogP contribution in [0.25, 0.3) is 0 Å². The summed E-state index contributed by atoms with van der Waals surface area (Å²) in [6.45, 7) is 1.92. The third-order valence-corrected chi connectivity index (χ3v) is 2.25. The van der Waals surface area contributed by atoms with Crippen molar-refractivity contribution >= 4 is 17.4 Å². The topological polar surface area (TPSA) is 93.2 Å². The zero-order chi connectivity index (χ0) is 12.3. The van der Waals surface area contributed by atoms with Crippen LogP contribution >= 0.6 is 0 Å². The van der Waals surface area contributed by atoms with Crippen molar-refractivity contribution in [2.75, 3.05) is 10.7 Å². The van der Waals surface area contributed by atoms with Gasteiger partial charge in [0.2, 0.25) is 0 Å². The highest BCUT2D eigenvalue weighted by Gasteiger charge is 2.12. The number of rotatable bonds is 3. The van der Waals surface area contributed by atoms with Gasteiger partial charge in [0.1, 0.15) is 6.26 Å². The Morgan fingerprint density at radius 1 is 1.41 bits per heavy atom. The van der Waals surface area contributed by atoms with Crippen LogP contribution in [0.3, 0.4) is 0 Å². The van der Waals surface area contributed by atoms with Crippen molar-refractivity contribution in [3.8, 4) is 0 Å². The molecule has 0 saturated carbocycles. The molecule has 4 N–H and O–H groups in total. The summed E-state index contributed by atoms with van der Waals surface area (Å²) in [4.78, 5) is 11.9. The van der Waals surface area contributed by atoms with Gasteiger partial charge >= 0.3 is 0 Å². The van der Waals surface area contributed by atoms with Crippen molar-refractivity contribution in [1.29, 1.82) is 0 Å². The quantitative estimate of drug-likeness (QED) is 0.551. The van der Waals surface area contributed by atoms with Crippen molar-refractivity contribution in [2.24, 2.45) is 5.84 Å². The summed E-state index contributed by atoms with van der Waals surface area (Å²) in [5.41, 5.74) is 4.51. The van der Waals surface area contributed by atoms with Crippen molar-refractivity contribution in [3.05, 3.63) is 41.7 Å². The van der Waals surface area contributed by atoms with Gasteiger partial charge in [-0.2, -0.15) is 0 Å². The van der Waals surface area contributed by atoms with Crippen LogP contribution in [0.5, 0.6) is 0 Å². The van der Waals surface area contributed by atoms with Crippen LogP contribution in [0, 0.1) is 6.92 Å². The molecule has 0 unspecified atom stereocenters. The number of benzene rings is 1. The largest absolute Gasteiger partial charge is 0.363 e. The lowest BCUT2D eigenvalue weighted by Gasteiger charge is -2.08. The second-order valence-corrected chi connectivity index (χ2v) is 3.53. The van der Waals surface area contributed by atoms with E-state index >= 15 is 0 Å². The third kappa shape index (κ3) is 2.43. The van der Waals surface area contributed by atoms with Crippen molar-refractivity contribution in [1.82, 2.24) is 5.16 Å². The molecular formula is C11H12N4O2. The molecule has 0 aliphatic rings. The monoisotopic (exact) mass is 232 g/mol. The molecule has 0 saturated heterocycles. The summed E-state index contributed by atoms with van der Waals surface area (Å²) in [5.74, 6) is 5.43. The maximum Gasteiger partial charge on any atom is 0.259 e. The van der Waals surface area contributed by atoms with Gasteiger partial charge in [-0.1, -0.05) is 11.2 Å². The van der Waals surface area contributed by atoms with E-state index in [1.54, 1.807) is 18.2 Å². The molecular weight excluding hydrogens is 220 g/mol. The van der Waals surface area contributed by atoms with E-state index in [2.05, 4.69) is 20.4 Å².